The molecule has 1 unspecified atom stereocenters. The molecule has 0 aromatic carbocycles. The zero-order chi connectivity index (χ0) is 15.8. The lowest BCUT2D eigenvalue weighted by atomic mass is 10.1. The smallest absolute Gasteiger partial charge is 0.208 e. The number of aliphatic hydroxyl groups excluding tert-OH is 1. The summed E-state index contributed by atoms with van der Waals surface area (Å²) in [6, 6.07) is 0. The van der Waals surface area contributed by atoms with Gasteiger partial charge < -0.3 is 9.84 Å². The van der Waals surface area contributed by atoms with E-state index in [9.17, 15) is 9.90 Å². The summed E-state index contributed by atoms with van der Waals surface area (Å²) in [5, 5.41) is 9.56. The number of Topliss-reactive ketones (excluding diaryl/α,β-unsaturated/α-hetero) is 1. The van der Waals surface area contributed by atoms with Crippen LogP contribution in [0.4, 0.5) is 0 Å². The van der Waals surface area contributed by atoms with E-state index in [0.717, 1.165) is 12.8 Å². The molecule has 0 aliphatic heterocycles. The van der Waals surface area contributed by atoms with Crippen molar-refractivity contribution in [3.8, 4) is 23.7 Å². The Morgan fingerprint density at radius 1 is 1.24 bits per heavy atom. The van der Waals surface area contributed by atoms with E-state index in [1.807, 2.05) is 6.08 Å². The SMILES string of the molecule is CCCCCCC/C=C\C(O)C#CC#CC(=O)CCOC. The number of hydrogen-bond donors (Lipinski definition) is 1. The van der Waals surface area contributed by atoms with Gasteiger partial charge in [0.05, 0.1) is 6.61 Å². The highest BCUT2D eigenvalue weighted by Gasteiger charge is 1.94. The second kappa shape index (κ2) is 14.9. The molecule has 3 nitrogen and oxygen atoms in total. The highest BCUT2D eigenvalue weighted by molar-refractivity contribution is 5.96. The van der Waals surface area contributed by atoms with Gasteiger partial charge in [0, 0.05) is 13.5 Å². The van der Waals surface area contributed by atoms with E-state index in [1.165, 1.54) is 32.8 Å². The number of methoxy groups -OCH3 is 1. The van der Waals surface area contributed by atoms with Gasteiger partial charge in [-0.15, -0.1) is 0 Å². The predicted molar refractivity (Wildman–Crippen MR) is 85.6 cm³/mol. The van der Waals surface area contributed by atoms with Crippen molar-refractivity contribution in [3.05, 3.63) is 12.2 Å². The summed E-state index contributed by atoms with van der Waals surface area (Å²) in [6.07, 6.45) is 10.2. The largest absolute Gasteiger partial charge is 0.384 e. The fourth-order valence-corrected chi connectivity index (χ4v) is 1.61. The molecule has 0 rings (SSSR count). The van der Waals surface area contributed by atoms with Crippen LogP contribution in [0.2, 0.25) is 0 Å². The number of carbonyl (C=O) groups is 1. The third kappa shape index (κ3) is 14.7. The number of ether oxygens (including phenoxy) is 1. The first-order valence-electron chi connectivity index (χ1n) is 7.58. The van der Waals surface area contributed by atoms with Crippen molar-refractivity contribution in [2.75, 3.05) is 13.7 Å². The number of ketones is 1. The van der Waals surface area contributed by atoms with Gasteiger partial charge in [-0.25, -0.2) is 0 Å². The third-order valence-electron chi connectivity index (χ3n) is 2.81. The molecule has 0 bridgehead atoms. The van der Waals surface area contributed by atoms with E-state index >= 15 is 0 Å². The quantitative estimate of drug-likeness (QED) is 0.291. The summed E-state index contributed by atoms with van der Waals surface area (Å²) in [7, 11) is 1.53. The van der Waals surface area contributed by atoms with Gasteiger partial charge in [-0.1, -0.05) is 44.6 Å². The van der Waals surface area contributed by atoms with Crippen LogP contribution in [0.1, 0.15) is 51.9 Å². The normalized spacial score (nSPS) is 11.4. The van der Waals surface area contributed by atoms with E-state index in [0.29, 0.717) is 6.61 Å². The molecule has 0 aromatic heterocycles. The van der Waals surface area contributed by atoms with Crippen molar-refractivity contribution in [1.82, 2.24) is 0 Å². The van der Waals surface area contributed by atoms with Crippen molar-refractivity contribution in [3.63, 3.8) is 0 Å². The van der Waals surface area contributed by atoms with Crippen LogP contribution in [0.3, 0.4) is 0 Å². The Morgan fingerprint density at radius 3 is 2.71 bits per heavy atom. The topological polar surface area (TPSA) is 46.5 Å². The molecule has 0 amide bonds. The van der Waals surface area contributed by atoms with Gasteiger partial charge >= 0.3 is 0 Å². The molecule has 0 saturated heterocycles. The average Bonchev–Trinajstić information content (AvgIpc) is 2.48. The molecule has 116 valence electrons. The first-order valence-corrected chi connectivity index (χ1v) is 7.58. The van der Waals surface area contributed by atoms with Crippen molar-refractivity contribution in [1.29, 1.82) is 0 Å². The number of rotatable bonds is 10. The first-order chi connectivity index (χ1) is 10.2. The zero-order valence-corrected chi connectivity index (χ0v) is 13.2. The maximum Gasteiger partial charge on any atom is 0.208 e. The van der Waals surface area contributed by atoms with Gasteiger partial charge in [0.2, 0.25) is 5.78 Å². The fraction of sp³-hybridized carbons (Fsp3) is 0.611. The maximum absolute atomic E-state index is 11.2. The Morgan fingerprint density at radius 2 is 2.00 bits per heavy atom. The van der Waals surface area contributed by atoms with Crippen molar-refractivity contribution < 1.29 is 14.6 Å². The number of aliphatic hydroxyl groups is 1. The molecule has 0 aromatic rings. The van der Waals surface area contributed by atoms with E-state index in [4.69, 9.17) is 4.74 Å². The predicted octanol–water partition coefficient (Wildman–Crippen LogP) is 2.88. The molecule has 0 aliphatic carbocycles. The molecule has 0 aliphatic rings. The molecular formula is C18H26O3. The maximum atomic E-state index is 11.2. The number of carbonyl (C=O) groups excluding carboxylic acids is 1. The van der Waals surface area contributed by atoms with Crippen LogP contribution in [0.5, 0.6) is 0 Å². The second-order valence-corrected chi connectivity index (χ2v) is 4.76. The molecule has 0 spiro atoms. The molecule has 1 N–H and O–H groups in total. The minimum atomic E-state index is -0.816. The lowest BCUT2D eigenvalue weighted by Crippen LogP contribution is -1.99. The first kappa shape index (κ1) is 19.4. The Labute approximate surface area is 128 Å². The Bertz CT molecular complexity index is 415. The minimum absolute atomic E-state index is 0.205. The van der Waals surface area contributed by atoms with Gasteiger partial charge in [0.25, 0.3) is 0 Å². The van der Waals surface area contributed by atoms with Crippen LogP contribution in [0.25, 0.3) is 0 Å². The molecule has 21 heavy (non-hydrogen) atoms. The van der Waals surface area contributed by atoms with Gasteiger partial charge in [-0.3, -0.25) is 4.79 Å². The van der Waals surface area contributed by atoms with Crippen LogP contribution in [0.15, 0.2) is 12.2 Å². The third-order valence-corrected chi connectivity index (χ3v) is 2.81. The molecule has 0 saturated carbocycles. The minimum Gasteiger partial charge on any atom is -0.384 e. The van der Waals surface area contributed by atoms with E-state index in [1.54, 1.807) is 6.08 Å². The van der Waals surface area contributed by atoms with Crippen molar-refractivity contribution in [2.24, 2.45) is 0 Å². The molecule has 1 atom stereocenters. The highest BCUT2D eigenvalue weighted by Crippen LogP contribution is 2.05. The summed E-state index contributed by atoms with van der Waals surface area (Å²) in [5.74, 6) is 9.68. The Balaban J connectivity index is 3.83. The number of hydrogen-bond acceptors (Lipinski definition) is 3. The standard InChI is InChI=1S/C18H26O3/c1-3-4-5-6-7-8-9-12-17(19)13-10-11-14-18(20)15-16-21-2/h9,12,17,19H,3-8,15-16H2,1-2H3/b12-9-. The van der Waals surface area contributed by atoms with Crippen LogP contribution in [-0.4, -0.2) is 30.7 Å². The number of allylic oxidation sites excluding steroid dienone is 1. The zero-order valence-electron chi connectivity index (χ0n) is 13.2. The lowest BCUT2D eigenvalue weighted by Gasteiger charge is -1.96. The monoisotopic (exact) mass is 290 g/mol. The highest BCUT2D eigenvalue weighted by atomic mass is 16.5. The van der Waals surface area contributed by atoms with Crippen molar-refractivity contribution >= 4 is 5.78 Å². The Hall–Kier alpha value is -1.55. The van der Waals surface area contributed by atoms with Crippen molar-refractivity contribution in [2.45, 2.75) is 58.0 Å². The van der Waals surface area contributed by atoms with Gasteiger partial charge in [-0.2, -0.15) is 0 Å². The summed E-state index contributed by atoms with van der Waals surface area (Å²) < 4.78 is 4.77. The molecule has 0 heterocycles. The van der Waals surface area contributed by atoms with Gasteiger partial charge in [0.1, 0.15) is 6.10 Å². The van der Waals surface area contributed by atoms with Crippen LogP contribution >= 0.6 is 0 Å². The number of unbranched alkanes of at least 4 members (excludes halogenated alkanes) is 5. The molecular weight excluding hydrogens is 264 g/mol. The summed E-state index contributed by atoms with van der Waals surface area (Å²) >= 11 is 0. The lowest BCUT2D eigenvalue weighted by molar-refractivity contribution is -0.114. The van der Waals surface area contributed by atoms with Crippen LogP contribution < -0.4 is 0 Å². The molecule has 0 radical (unpaired) electrons. The van der Waals surface area contributed by atoms with E-state index in [-0.39, 0.29) is 12.2 Å². The molecule has 0 fully saturated rings. The van der Waals surface area contributed by atoms with E-state index < -0.39 is 6.10 Å². The summed E-state index contributed by atoms with van der Waals surface area (Å²) in [6.45, 7) is 2.56. The second-order valence-electron chi connectivity index (χ2n) is 4.76. The van der Waals surface area contributed by atoms with Crippen LogP contribution in [-0.2, 0) is 9.53 Å². The van der Waals surface area contributed by atoms with Gasteiger partial charge in [0.15, 0.2) is 0 Å². The summed E-state index contributed by atoms with van der Waals surface area (Å²) in [4.78, 5) is 11.2. The fourth-order valence-electron chi connectivity index (χ4n) is 1.61. The Kier molecular flexibility index (Phi) is 13.8. The van der Waals surface area contributed by atoms with Gasteiger partial charge in [-0.05, 0) is 36.7 Å². The van der Waals surface area contributed by atoms with Crippen LogP contribution in [0, 0.1) is 23.7 Å². The molecule has 3 heteroatoms. The average molecular weight is 290 g/mol. The summed E-state index contributed by atoms with van der Waals surface area (Å²) in [5.41, 5.74) is 0. The van der Waals surface area contributed by atoms with E-state index in [2.05, 4.69) is 30.6 Å².